The van der Waals surface area contributed by atoms with E-state index in [-0.39, 0.29) is 18.1 Å². The van der Waals surface area contributed by atoms with Crippen molar-refractivity contribution in [1.82, 2.24) is 29.2 Å². The molecule has 0 aliphatic heterocycles. The number of carbonyl (C=O) groups excluding carboxylic acids is 2. The van der Waals surface area contributed by atoms with Gasteiger partial charge in [0.2, 0.25) is 5.91 Å². The zero-order valence-corrected chi connectivity index (χ0v) is 16.8. The van der Waals surface area contributed by atoms with Crippen LogP contribution in [0.3, 0.4) is 0 Å². The van der Waals surface area contributed by atoms with Gasteiger partial charge < -0.3 is 14.8 Å². The smallest absolute Gasteiger partial charge is 0.272 e. The van der Waals surface area contributed by atoms with Crippen molar-refractivity contribution in [3.8, 4) is 11.5 Å². The second kappa shape index (κ2) is 8.20. The highest BCUT2D eigenvalue weighted by atomic mass is 16.2. The number of carbonyl (C=O) groups is 2. The van der Waals surface area contributed by atoms with Crippen molar-refractivity contribution in [3.63, 3.8) is 0 Å². The minimum absolute atomic E-state index is 0.0846. The first kappa shape index (κ1) is 19.4. The molecule has 0 spiro atoms. The van der Waals surface area contributed by atoms with Crippen molar-refractivity contribution in [2.45, 2.75) is 6.54 Å². The Hall–Kier alpha value is -3.94. The van der Waals surface area contributed by atoms with E-state index in [4.69, 9.17) is 0 Å². The molecule has 0 saturated carbocycles. The van der Waals surface area contributed by atoms with Gasteiger partial charge >= 0.3 is 0 Å². The average Bonchev–Trinajstić information content (AvgIpc) is 3.37. The zero-order valence-electron chi connectivity index (χ0n) is 16.8. The third-order valence-electron chi connectivity index (χ3n) is 4.73. The van der Waals surface area contributed by atoms with Crippen LogP contribution in [0.5, 0.6) is 0 Å². The molecule has 152 valence electrons. The Bertz CT molecular complexity index is 1190. The fourth-order valence-electron chi connectivity index (χ4n) is 3.14. The molecule has 8 nitrogen and oxygen atoms in total. The van der Waals surface area contributed by atoms with Crippen LogP contribution in [0.2, 0.25) is 0 Å². The number of rotatable bonds is 6. The number of likely N-dealkylation sites (N-methyl/N-ethyl adjacent to an activating group) is 1. The van der Waals surface area contributed by atoms with Gasteiger partial charge in [-0.05, 0) is 17.7 Å². The molecule has 0 fully saturated rings. The number of hydrogen-bond acceptors (Lipinski definition) is 4. The van der Waals surface area contributed by atoms with E-state index in [1.807, 2.05) is 57.8 Å². The maximum Gasteiger partial charge on any atom is 0.272 e. The molecule has 0 saturated heterocycles. The summed E-state index contributed by atoms with van der Waals surface area (Å²) in [6.07, 6.45) is 5.50. The Labute approximate surface area is 173 Å². The highest BCUT2D eigenvalue weighted by Crippen LogP contribution is 2.22. The predicted molar refractivity (Wildman–Crippen MR) is 113 cm³/mol. The predicted octanol–water partition coefficient (Wildman–Crippen LogP) is 2.06. The van der Waals surface area contributed by atoms with E-state index >= 15 is 0 Å². The minimum Gasteiger partial charge on any atom is -0.347 e. The summed E-state index contributed by atoms with van der Waals surface area (Å²) in [6.45, 7) is 0.607. The summed E-state index contributed by atoms with van der Waals surface area (Å²) in [5, 5.41) is 2.64. The molecular weight excluding hydrogens is 380 g/mol. The summed E-state index contributed by atoms with van der Waals surface area (Å²) >= 11 is 0. The van der Waals surface area contributed by atoms with Gasteiger partial charge in [-0.2, -0.15) is 0 Å². The summed E-state index contributed by atoms with van der Waals surface area (Å²) in [6, 6.07) is 15.6. The van der Waals surface area contributed by atoms with Gasteiger partial charge in [0.25, 0.3) is 5.91 Å². The summed E-state index contributed by atoms with van der Waals surface area (Å²) in [7, 11) is 3.29. The lowest BCUT2D eigenvalue weighted by Gasteiger charge is -2.10. The molecule has 0 aliphatic rings. The van der Waals surface area contributed by atoms with Crippen LogP contribution in [0, 0.1) is 0 Å². The number of benzene rings is 1. The molecule has 1 N–H and O–H groups in total. The van der Waals surface area contributed by atoms with Crippen LogP contribution in [0.15, 0.2) is 67.3 Å². The monoisotopic (exact) mass is 402 g/mol. The molecule has 0 bridgehead atoms. The lowest BCUT2D eigenvalue weighted by molar-refractivity contribution is -0.127. The van der Waals surface area contributed by atoms with E-state index in [1.165, 1.54) is 10.5 Å². The maximum absolute atomic E-state index is 12.7. The van der Waals surface area contributed by atoms with Crippen LogP contribution in [0.25, 0.3) is 17.0 Å². The molecule has 0 atom stereocenters. The summed E-state index contributed by atoms with van der Waals surface area (Å²) in [5.41, 5.74) is 2.74. The van der Waals surface area contributed by atoms with Crippen molar-refractivity contribution < 1.29 is 9.59 Å². The van der Waals surface area contributed by atoms with E-state index in [0.717, 1.165) is 0 Å². The summed E-state index contributed by atoms with van der Waals surface area (Å²) in [4.78, 5) is 35.0. The highest BCUT2D eigenvalue weighted by molar-refractivity contribution is 6.01. The minimum atomic E-state index is -0.399. The molecule has 8 heteroatoms. The molecular formula is C22H22N6O2. The average molecular weight is 402 g/mol. The first-order valence-electron chi connectivity index (χ1n) is 9.54. The molecule has 2 amide bonds. The SMILES string of the molecule is CN(C)C(=O)CNC(=O)c1nc(-c2cn(Cc3ccccc3)cn2)n2ccccc12. The van der Waals surface area contributed by atoms with E-state index in [2.05, 4.69) is 27.4 Å². The molecule has 4 rings (SSSR count). The van der Waals surface area contributed by atoms with Gasteiger partial charge in [0, 0.05) is 33.0 Å². The van der Waals surface area contributed by atoms with Gasteiger partial charge in [0.05, 0.1) is 18.4 Å². The van der Waals surface area contributed by atoms with Crippen LogP contribution in [0.1, 0.15) is 16.1 Å². The fourth-order valence-corrected chi connectivity index (χ4v) is 3.14. The molecule has 3 heterocycles. The highest BCUT2D eigenvalue weighted by Gasteiger charge is 2.20. The van der Waals surface area contributed by atoms with Gasteiger partial charge in [0.15, 0.2) is 11.5 Å². The Kier molecular flexibility index (Phi) is 5.30. The van der Waals surface area contributed by atoms with Gasteiger partial charge in [0.1, 0.15) is 5.69 Å². The molecule has 1 aromatic carbocycles. The van der Waals surface area contributed by atoms with E-state index in [0.29, 0.717) is 23.6 Å². The van der Waals surface area contributed by atoms with Gasteiger partial charge in [-0.3, -0.25) is 14.0 Å². The van der Waals surface area contributed by atoms with Crippen LogP contribution >= 0.6 is 0 Å². The normalized spacial score (nSPS) is 10.9. The Morgan fingerprint density at radius 3 is 2.60 bits per heavy atom. The third kappa shape index (κ3) is 3.93. The third-order valence-corrected chi connectivity index (χ3v) is 4.73. The van der Waals surface area contributed by atoms with E-state index in [1.54, 1.807) is 20.4 Å². The first-order chi connectivity index (χ1) is 14.5. The molecule has 0 unspecified atom stereocenters. The van der Waals surface area contributed by atoms with Crippen LogP contribution in [0.4, 0.5) is 0 Å². The molecule has 30 heavy (non-hydrogen) atoms. The topological polar surface area (TPSA) is 84.5 Å². The second-order valence-corrected chi connectivity index (χ2v) is 7.13. The fraction of sp³-hybridized carbons (Fsp3) is 0.182. The van der Waals surface area contributed by atoms with Crippen LogP contribution in [-0.2, 0) is 11.3 Å². The Balaban J connectivity index is 1.63. The van der Waals surface area contributed by atoms with Gasteiger partial charge in [-0.1, -0.05) is 36.4 Å². The second-order valence-electron chi connectivity index (χ2n) is 7.13. The number of nitrogens with one attached hydrogen (secondary N) is 1. The number of imidazole rings is 2. The lowest BCUT2D eigenvalue weighted by atomic mass is 10.2. The van der Waals surface area contributed by atoms with E-state index < -0.39 is 5.91 Å². The summed E-state index contributed by atoms with van der Waals surface area (Å²) in [5.74, 6) is -0.0166. The van der Waals surface area contributed by atoms with Crippen molar-refractivity contribution in [1.29, 1.82) is 0 Å². The Morgan fingerprint density at radius 2 is 1.83 bits per heavy atom. The zero-order chi connectivity index (χ0) is 21.1. The lowest BCUT2D eigenvalue weighted by Crippen LogP contribution is -2.36. The van der Waals surface area contributed by atoms with E-state index in [9.17, 15) is 9.59 Å². The van der Waals surface area contributed by atoms with Gasteiger partial charge in [-0.15, -0.1) is 0 Å². The molecule has 4 aromatic rings. The van der Waals surface area contributed by atoms with Crippen LogP contribution in [-0.4, -0.2) is 56.3 Å². The number of amides is 2. The largest absolute Gasteiger partial charge is 0.347 e. The number of aromatic nitrogens is 4. The number of pyridine rings is 1. The van der Waals surface area contributed by atoms with Crippen LogP contribution < -0.4 is 5.32 Å². The Morgan fingerprint density at radius 1 is 1.07 bits per heavy atom. The number of hydrogen-bond donors (Lipinski definition) is 1. The van der Waals surface area contributed by atoms with Crippen molar-refractivity contribution in [3.05, 3.63) is 78.5 Å². The first-order valence-corrected chi connectivity index (χ1v) is 9.54. The molecule has 0 aliphatic carbocycles. The molecule has 3 aromatic heterocycles. The number of nitrogens with zero attached hydrogens (tertiary/aromatic N) is 5. The maximum atomic E-state index is 12.7. The quantitative estimate of drug-likeness (QED) is 0.535. The standard InChI is InChI=1S/C22H22N6O2/c1-26(2)19(29)12-23-22(30)20-18-10-6-7-11-28(18)21(25-20)17-14-27(15-24-17)13-16-8-4-3-5-9-16/h3-11,14-15H,12-13H2,1-2H3,(H,23,30). The van der Waals surface area contributed by atoms with Crippen molar-refractivity contribution in [2.24, 2.45) is 0 Å². The number of fused-ring (bicyclic) bond motifs is 1. The van der Waals surface area contributed by atoms with Crippen molar-refractivity contribution >= 4 is 17.3 Å². The van der Waals surface area contributed by atoms with Gasteiger partial charge in [-0.25, -0.2) is 9.97 Å². The molecule has 0 radical (unpaired) electrons. The van der Waals surface area contributed by atoms with Crippen molar-refractivity contribution in [2.75, 3.05) is 20.6 Å². The summed E-state index contributed by atoms with van der Waals surface area (Å²) < 4.78 is 3.81.